The highest BCUT2D eigenvalue weighted by Gasteiger charge is 2.32. The van der Waals surface area contributed by atoms with E-state index in [4.69, 9.17) is 4.74 Å². The molecule has 0 saturated carbocycles. The molecule has 0 bridgehead atoms. The molecule has 0 saturated heterocycles. The Balaban J connectivity index is 1.87. The summed E-state index contributed by atoms with van der Waals surface area (Å²) in [7, 11) is 0. The molecule has 2 atom stereocenters. The van der Waals surface area contributed by atoms with Crippen molar-refractivity contribution in [3.05, 3.63) is 71.9 Å². The fourth-order valence-corrected chi connectivity index (χ4v) is 3.70. The van der Waals surface area contributed by atoms with Crippen LogP contribution < -0.4 is 4.74 Å². The molecule has 2 unspecified atom stereocenters. The molecule has 2 heterocycles. The molecule has 0 aliphatic carbocycles. The van der Waals surface area contributed by atoms with Crippen LogP contribution in [0.5, 0.6) is 5.88 Å². The third kappa shape index (κ3) is 5.67. The van der Waals surface area contributed by atoms with Gasteiger partial charge in [0, 0.05) is 36.8 Å². The number of carbonyl (C=O) groups excluding carboxylic acids is 1. The van der Waals surface area contributed by atoms with E-state index in [0.29, 0.717) is 18.2 Å². The van der Waals surface area contributed by atoms with Crippen LogP contribution in [0.4, 0.5) is 17.6 Å². The van der Waals surface area contributed by atoms with Crippen LogP contribution in [-0.4, -0.2) is 44.4 Å². The van der Waals surface area contributed by atoms with Crippen LogP contribution in [-0.2, 0) is 6.18 Å². The number of hydrogen-bond acceptors (Lipinski definition) is 5. The number of amides is 1. The molecule has 3 aromatic rings. The number of hydrogen-bond donors (Lipinski definition) is 0. The lowest BCUT2D eigenvalue weighted by Gasteiger charge is -2.34. The number of benzene rings is 1. The van der Waals surface area contributed by atoms with E-state index in [0.717, 1.165) is 18.2 Å². The number of likely N-dealkylation sites (N-methyl/N-ethyl adjacent to an activating group) is 1. The lowest BCUT2D eigenvalue weighted by molar-refractivity contribution is -0.137. The van der Waals surface area contributed by atoms with E-state index in [1.165, 1.54) is 29.4 Å². The highest BCUT2D eigenvalue weighted by atomic mass is 19.4. The smallest absolute Gasteiger partial charge is 0.417 e. The third-order valence-electron chi connectivity index (χ3n) is 5.35. The second kappa shape index (κ2) is 10.6. The Hall–Kier alpha value is -3.56. The van der Waals surface area contributed by atoms with Gasteiger partial charge in [-0.2, -0.15) is 13.2 Å². The van der Waals surface area contributed by atoms with Crippen LogP contribution >= 0.6 is 0 Å². The van der Waals surface area contributed by atoms with Crippen molar-refractivity contribution in [2.24, 2.45) is 0 Å². The topological polar surface area (TPSA) is 68.2 Å². The van der Waals surface area contributed by atoms with Crippen molar-refractivity contribution < 1.29 is 27.1 Å². The Morgan fingerprint density at radius 3 is 2.35 bits per heavy atom. The van der Waals surface area contributed by atoms with Crippen LogP contribution in [0.1, 0.15) is 43.1 Å². The average molecular weight is 476 g/mol. The fourth-order valence-electron chi connectivity index (χ4n) is 3.70. The second-order valence-electron chi connectivity index (χ2n) is 7.53. The van der Waals surface area contributed by atoms with Crippen molar-refractivity contribution in [3.8, 4) is 17.3 Å². The summed E-state index contributed by atoms with van der Waals surface area (Å²) in [5.41, 5.74) is -0.392. The van der Waals surface area contributed by atoms with Gasteiger partial charge in [0.05, 0.1) is 17.2 Å². The summed E-state index contributed by atoms with van der Waals surface area (Å²) >= 11 is 0. The molecule has 0 N–H and O–H groups in total. The average Bonchev–Trinajstić information content (AvgIpc) is 2.82. The second-order valence-corrected chi connectivity index (χ2v) is 7.53. The minimum absolute atomic E-state index is 0.00609. The molecule has 0 fully saturated rings. The fraction of sp³-hybridized carbons (Fsp3) is 0.333. The van der Waals surface area contributed by atoms with Crippen LogP contribution in [0, 0.1) is 5.82 Å². The van der Waals surface area contributed by atoms with Gasteiger partial charge in [-0.1, -0.05) is 6.92 Å². The van der Waals surface area contributed by atoms with E-state index in [9.17, 15) is 22.4 Å². The molecule has 6 nitrogen and oxygen atoms in total. The van der Waals surface area contributed by atoms with Crippen molar-refractivity contribution >= 4 is 5.91 Å². The first-order chi connectivity index (χ1) is 16.2. The van der Waals surface area contributed by atoms with Gasteiger partial charge in [0.25, 0.3) is 5.91 Å². The number of pyridine rings is 1. The summed E-state index contributed by atoms with van der Waals surface area (Å²) in [6.45, 7) is 5.63. The maximum atomic E-state index is 14.1. The predicted octanol–water partition coefficient (Wildman–Crippen LogP) is 5.40. The Morgan fingerprint density at radius 1 is 1.09 bits per heavy atom. The molecule has 0 spiro atoms. The van der Waals surface area contributed by atoms with E-state index in [1.54, 1.807) is 19.9 Å². The first-order valence-corrected chi connectivity index (χ1v) is 10.7. The number of aromatic nitrogens is 3. The highest BCUT2D eigenvalue weighted by molar-refractivity contribution is 6.00. The predicted molar refractivity (Wildman–Crippen MR) is 118 cm³/mol. The minimum Gasteiger partial charge on any atom is -0.472 e. The lowest BCUT2D eigenvalue weighted by Crippen LogP contribution is -2.47. The van der Waals surface area contributed by atoms with Gasteiger partial charge in [-0.05, 0) is 50.6 Å². The first-order valence-electron chi connectivity index (χ1n) is 10.7. The van der Waals surface area contributed by atoms with Gasteiger partial charge in [0.2, 0.25) is 5.88 Å². The van der Waals surface area contributed by atoms with Crippen LogP contribution in [0.15, 0.2) is 55.0 Å². The zero-order valence-corrected chi connectivity index (χ0v) is 18.9. The van der Waals surface area contributed by atoms with E-state index in [-0.39, 0.29) is 23.8 Å². The molecular weight excluding hydrogens is 452 g/mol. The standard InChI is InChI=1S/C24H24F4N4O2/c1-4-20(15(3)34-21-10-7-16(14-31-21)24(26,27)28)32(5-2)23(33)19-13-17(25)8-9-18(19)22-29-11-6-12-30-22/h6-15,20H,4-5H2,1-3H3. The number of alkyl halides is 3. The van der Waals surface area contributed by atoms with E-state index >= 15 is 0 Å². The molecule has 1 amide bonds. The molecule has 2 aromatic heterocycles. The minimum atomic E-state index is -4.50. The Bertz CT molecular complexity index is 1110. The van der Waals surface area contributed by atoms with Gasteiger partial charge in [-0.3, -0.25) is 4.79 Å². The quantitative estimate of drug-likeness (QED) is 0.407. The van der Waals surface area contributed by atoms with Crippen molar-refractivity contribution in [1.82, 2.24) is 19.9 Å². The zero-order chi connectivity index (χ0) is 24.9. The van der Waals surface area contributed by atoms with Crippen molar-refractivity contribution in [2.75, 3.05) is 6.54 Å². The van der Waals surface area contributed by atoms with Gasteiger partial charge in [-0.25, -0.2) is 19.3 Å². The summed E-state index contributed by atoms with van der Waals surface area (Å²) in [4.78, 5) is 27.2. The number of halogens is 4. The number of nitrogens with zero attached hydrogens (tertiary/aromatic N) is 4. The largest absolute Gasteiger partial charge is 0.472 e. The van der Waals surface area contributed by atoms with Gasteiger partial charge < -0.3 is 9.64 Å². The molecule has 0 aliphatic rings. The van der Waals surface area contributed by atoms with E-state index < -0.39 is 35.6 Å². The van der Waals surface area contributed by atoms with Crippen LogP contribution in [0.2, 0.25) is 0 Å². The van der Waals surface area contributed by atoms with E-state index in [1.807, 2.05) is 6.92 Å². The number of rotatable bonds is 8. The van der Waals surface area contributed by atoms with Crippen molar-refractivity contribution in [2.45, 2.75) is 45.5 Å². The lowest BCUT2D eigenvalue weighted by atomic mass is 10.0. The molecule has 0 aliphatic heterocycles. The molecule has 3 rings (SSSR count). The maximum absolute atomic E-state index is 14.1. The monoisotopic (exact) mass is 476 g/mol. The molecule has 0 radical (unpaired) electrons. The summed E-state index contributed by atoms with van der Waals surface area (Å²) in [6.07, 6.45) is -0.875. The number of carbonyl (C=O) groups is 1. The van der Waals surface area contributed by atoms with Crippen molar-refractivity contribution in [3.63, 3.8) is 0 Å². The summed E-state index contributed by atoms with van der Waals surface area (Å²) < 4.78 is 58.3. The molecule has 180 valence electrons. The van der Waals surface area contributed by atoms with Gasteiger partial charge in [-0.15, -0.1) is 0 Å². The maximum Gasteiger partial charge on any atom is 0.417 e. The first kappa shape index (κ1) is 25.1. The van der Waals surface area contributed by atoms with Crippen LogP contribution in [0.3, 0.4) is 0 Å². The molecule has 34 heavy (non-hydrogen) atoms. The summed E-state index contributed by atoms with van der Waals surface area (Å²) in [5.74, 6) is -0.725. The Labute approximate surface area is 194 Å². The SMILES string of the molecule is CCC(C(C)Oc1ccc(C(F)(F)F)cn1)N(CC)C(=O)c1cc(F)ccc1-c1ncccn1. The normalized spacial score (nSPS) is 13.3. The zero-order valence-electron chi connectivity index (χ0n) is 18.9. The van der Waals surface area contributed by atoms with Crippen molar-refractivity contribution in [1.29, 1.82) is 0 Å². The summed E-state index contributed by atoms with van der Waals surface area (Å²) in [6, 6.07) is 7.03. The molecule has 1 aromatic carbocycles. The Kier molecular flexibility index (Phi) is 7.80. The van der Waals surface area contributed by atoms with Gasteiger partial charge >= 0.3 is 6.18 Å². The van der Waals surface area contributed by atoms with E-state index in [2.05, 4.69) is 15.0 Å². The highest BCUT2D eigenvalue weighted by Crippen LogP contribution is 2.30. The number of ether oxygens (including phenoxy) is 1. The van der Waals surface area contributed by atoms with Crippen LogP contribution in [0.25, 0.3) is 11.4 Å². The Morgan fingerprint density at radius 2 is 1.79 bits per heavy atom. The molecular formula is C24H24F4N4O2. The summed E-state index contributed by atoms with van der Waals surface area (Å²) in [5, 5.41) is 0. The molecule has 10 heteroatoms. The van der Waals surface area contributed by atoms with Gasteiger partial charge in [0.15, 0.2) is 5.82 Å². The third-order valence-corrected chi connectivity index (χ3v) is 5.35. The van der Waals surface area contributed by atoms with Gasteiger partial charge in [0.1, 0.15) is 11.9 Å².